The number of hydrogen-bond donors (Lipinski definition) is 2. The molecule has 1 aliphatic heterocycles. The molecular weight excluding hydrogens is 408 g/mol. The number of fused-ring (bicyclic) bond motifs is 1. The maximum atomic E-state index is 12.4. The number of aromatic amines is 1. The van der Waals surface area contributed by atoms with Crippen molar-refractivity contribution in [3.63, 3.8) is 0 Å². The van der Waals surface area contributed by atoms with Gasteiger partial charge in [0.2, 0.25) is 5.91 Å². The van der Waals surface area contributed by atoms with Gasteiger partial charge in [-0.3, -0.25) is 9.89 Å². The van der Waals surface area contributed by atoms with E-state index in [0.29, 0.717) is 49.1 Å². The zero-order chi connectivity index (χ0) is 21.7. The lowest BCUT2D eigenvalue weighted by Crippen LogP contribution is -2.40. The van der Waals surface area contributed by atoms with E-state index in [9.17, 15) is 9.59 Å². The third-order valence-electron chi connectivity index (χ3n) is 4.49. The van der Waals surface area contributed by atoms with E-state index in [1.807, 2.05) is 32.9 Å². The lowest BCUT2D eigenvalue weighted by atomic mass is 10.1. The quantitative estimate of drug-likeness (QED) is 0.665. The number of amides is 2. The van der Waals surface area contributed by atoms with Crippen molar-refractivity contribution in [2.75, 3.05) is 18.5 Å². The SMILES string of the molecule is CC(C)(C)OC(=O)N1CCc2[nH]nc(NC(=O)CCCOc3ccccc3Cl)c2C1. The molecule has 9 heteroatoms. The average Bonchev–Trinajstić information content (AvgIpc) is 3.07. The highest BCUT2D eigenvalue weighted by Gasteiger charge is 2.29. The van der Waals surface area contributed by atoms with Crippen molar-refractivity contribution < 1.29 is 19.1 Å². The summed E-state index contributed by atoms with van der Waals surface area (Å²) in [6, 6.07) is 7.21. The van der Waals surface area contributed by atoms with E-state index in [0.717, 1.165) is 11.3 Å². The summed E-state index contributed by atoms with van der Waals surface area (Å²) >= 11 is 6.04. The number of nitrogens with zero attached hydrogens (tertiary/aromatic N) is 2. The average molecular weight is 435 g/mol. The Bertz CT molecular complexity index is 907. The number of rotatable bonds is 6. The van der Waals surface area contributed by atoms with Crippen LogP contribution in [0.2, 0.25) is 5.02 Å². The number of ether oxygens (including phenoxy) is 2. The first-order valence-corrected chi connectivity index (χ1v) is 10.3. The highest BCUT2D eigenvalue weighted by Crippen LogP contribution is 2.26. The van der Waals surface area contributed by atoms with Gasteiger partial charge in [0.25, 0.3) is 0 Å². The zero-order valence-electron chi connectivity index (χ0n) is 17.5. The fourth-order valence-corrected chi connectivity index (χ4v) is 3.24. The lowest BCUT2D eigenvalue weighted by Gasteiger charge is -2.30. The molecule has 0 bridgehead atoms. The van der Waals surface area contributed by atoms with Crippen LogP contribution in [0.3, 0.4) is 0 Å². The van der Waals surface area contributed by atoms with E-state index >= 15 is 0 Å². The Balaban J connectivity index is 1.50. The minimum absolute atomic E-state index is 0.165. The summed E-state index contributed by atoms with van der Waals surface area (Å²) in [7, 11) is 0. The number of para-hydroxylation sites is 1. The number of halogens is 1. The number of benzene rings is 1. The van der Waals surface area contributed by atoms with Gasteiger partial charge >= 0.3 is 6.09 Å². The molecule has 3 rings (SSSR count). The zero-order valence-corrected chi connectivity index (χ0v) is 18.2. The molecule has 1 aromatic carbocycles. The molecular formula is C21H27ClN4O4. The van der Waals surface area contributed by atoms with Crippen LogP contribution in [0.25, 0.3) is 0 Å². The fraction of sp³-hybridized carbons (Fsp3) is 0.476. The molecule has 2 amide bonds. The summed E-state index contributed by atoms with van der Waals surface area (Å²) in [6.45, 7) is 6.75. The molecule has 2 heterocycles. The molecule has 0 fully saturated rings. The Morgan fingerprint density at radius 1 is 1.30 bits per heavy atom. The van der Waals surface area contributed by atoms with Crippen LogP contribution in [0.5, 0.6) is 5.75 Å². The normalized spacial score (nSPS) is 13.5. The summed E-state index contributed by atoms with van der Waals surface area (Å²) in [5.74, 6) is 0.889. The van der Waals surface area contributed by atoms with Crippen molar-refractivity contribution in [1.82, 2.24) is 15.1 Å². The summed E-state index contributed by atoms with van der Waals surface area (Å²) in [5, 5.41) is 10.5. The van der Waals surface area contributed by atoms with Crippen molar-refractivity contribution in [2.24, 2.45) is 0 Å². The monoisotopic (exact) mass is 434 g/mol. The first-order valence-electron chi connectivity index (χ1n) is 9.94. The van der Waals surface area contributed by atoms with Crippen molar-refractivity contribution in [3.8, 4) is 5.75 Å². The molecule has 1 aliphatic rings. The predicted octanol–water partition coefficient (Wildman–Crippen LogP) is 4.15. The van der Waals surface area contributed by atoms with Crippen LogP contribution in [0.1, 0.15) is 44.9 Å². The summed E-state index contributed by atoms with van der Waals surface area (Å²) in [5.41, 5.74) is 1.18. The molecule has 2 N–H and O–H groups in total. The van der Waals surface area contributed by atoms with Gasteiger partial charge in [0, 0.05) is 30.6 Å². The molecule has 0 saturated heterocycles. The topological polar surface area (TPSA) is 96.5 Å². The predicted molar refractivity (Wildman–Crippen MR) is 114 cm³/mol. The molecule has 0 aliphatic carbocycles. The minimum atomic E-state index is -0.559. The van der Waals surface area contributed by atoms with Crippen LogP contribution in [0.15, 0.2) is 24.3 Å². The second-order valence-electron chi connectivity index (χ2n) is 8.11. The fourth-order valence-electron chi connectivity index (χ4n) is 3.05. The Morgan fingerprint density at radius 3 is 2.80 bits per heavy atom. The van der Waals surface area contributed by atoms with E-state index in [-0.39, 0.29) is 18.4 Å². The highest BCUT2D eigenvalue weighted by atomic mass is 35.5. The smallest absolute Gasteiger partial charge is 0.410 e. The molecule has 0 radical (unpaired) electrons. The number of aromatic nitrogens is 2. The van der Waals surface area contributed by atoms with Crippen LogP contribution in [-0.4, -0.2) is 45.9 Å². The van der Waals surface area contributed by atoms with E-state index in [1.165, 1.54) is 0 Å². The van der Waals surface area contributed by atoms with Crippen LogP contribution >= 0.6 is 11.6 Å². The maximum absolute atomic E-state index is 12.4. The van der Waals surface area contributed by atoms with Crippen molar-refractivity contribution in [3.05, 3.63) is 40.5 Å². The standard InChI is InChI=1S/C21H27ClN4O4/c1-21(2,3)30-20(28)26-11-10-16-14(13-26)19(25-24-16)23-18(27)9-6-12-29-17-8-5-4-7-15(17)22/h4-5,7-8H,6,9-13H2,1-3H3,(H2,23,24,25,27). The van der Waals surface area contributed by atoms with E-state index in [4.69, 9.17) is 21.1 Å². The van der Waals surface area contributed by atoms with Gasteiger partial charge in [0.05, 0.1) is 18.2 Å². The van der Waals surface area contributed by atoms with Gasteiger partial charge in [-0.05, 0) is 39.3 Å². The first-order chi connectivity index (χ1) is 14.2. The van der Waals surface area contributed by atoms with Crippen LogP contribution < -0.4 is 10.1 Å². The second kappa shape index (κ2) is 9.38. The Labute approximate surface area is 180 Å². The van der Waals surface area contributed by atoms with Gasteiger partial charge in [-0.15, -0.1) is 0 Å². The molecule has 2 aromatic rings. The van der Waals surface area contributed by atoms with Crippen molar-refractivity contribution in [1.29, 1.82) is 0 Å². The number of nitrogens with one attached hydrogen (secondary N) is 2. The molecule has 0 spiro atoms. The molecule has 8 nitrogen and oxygen atoms in total. The molecule has 30 heavy (non-hydrogen) atoms. The van der Waals surface area contributed by atoms with E-state index < -0.39 is 5.60 Å². The third-order valence-corrected chi connectivity index (χ3v) is 4.80. The first kappa shape index (κ1) is 22.0. The van der Waals surface area contributed by atoms with Gasteiger partial charge in [-0.2, -0.15) is 5.10 Å². The largest absolute Gasteiger partial charge is 0.492 e. The third kappa shape index (κ3) is 5.89. The lowest BCUT2D eigenvalue weighted by molar-refractivity contribution is -0.116. The van der Waals surface area contributed by atoms with Gasteiger partial charge < -0.3 is 19.7 Å². The van der Waals surface area contributed by atoms with Gasteiger partial charge in [0.1, 0.15) is 11.4 Å². The number of carbonyl (C=O) groups excluding carboxylic acids is 2. The molecule has 0 unspecified atom stereocenters. The molecule has 162 valence electrons. The van der Waals surface area contributed by atoms with E-state index in [2.05, 4.69) is 15.5 Å². The Morgan fingerprint density at radius 2 is 2.07 bits per heavy atom. The number of carbonyl (C=O) groups is 2. The maximum Gasteiger partial charge on any atom is 0.410 e. The van der Waals surface area contributed by atoms with Gasteiger partial charge in [-0.25, -0.2) is 4.79 Å². The molecule has 0 atom stereocenters. The minimum Gasteiger partial charge on any atom is -0.492 e. The van der Waals surface area contributed by atoms with Gasteiger partial charge in [-0.1, -0.05) is 23.7 Å². The second-order valence-corrected chi connectivity index (χ2v) is 8.52. The number of hydrogen-bond acceptors (Lipinski definition) is 5. The number of anilines is 1. The van der Waals surface area contributed by atoms with Gasteiger partial charge in [0.15, 0.2) is 5.82 Å². The van der Waals surface area contributed by atoms with Crippen LogP contribution in [0, 0.1) is 0 Å². The Kier molecular flexibility index (Phi) is 6.87. The Hall–Kier alpha value is -2.74. The summed E-state index contributed by atoms with van der Waals surface area (Å²) in [6.07, 6.45) is 1.07. The van der Waals surface area contributed by atoms with Crippen molar-refractivity contribution in [2.45, 2.75) is 52.2 Å². The highest BCUT2D eigenvalue weighted by molar-refractivity contribution is 6.32. The van der Waals surface area contributed by atoms with Crippen LogP contribution in [0.4, 0.5) is 10.6 Å². The summed E-state index contributed by atoms with van der Waals surface area (Å²) in [4.78, 5) is 26.3. The summed E-state index contributed by atoms with van der Waals surface area (Å²) < 4.78 is 11.0. The van der Waals surface area contributed by atoms with E-state index in [1.54, 1.807) is 17.0 Å². The number of H-pyrrole nitrogens is 1. The van der Waals surface area contributed by atoms with Crippen LogP contribution in [-0.2, 0) is 22.5 Å². The van der Waals surface area contributed by atoms with Crippen molar-refractivity contribution >= 4 is 29.4 Å². The molecule has 0 saturated carbocycles. The molecule has 1 aromatic heterocycles.